The molecule has 2 aromatic carbocycles. The maximum atomic E-state index is 12.2. The number of carbonyl (C=O) groups is 1. The van der Waals surface area contributed by atoms with Crippen LogP contribution in [0.3, 0.4) is 0 Å². The number of nitro benzene ring substituents is 1. The van der Waals surface area contributed by atoms with Crippen molar-refractivity contribution in [3.63, 3.8) is 0 Å². The van der Waals surface area contributed by atoms with E-state index in [4.69, 9.17) is 16.3 Å². The minimum absolute atomic E-state index is 0.128. The largest absolute Gasteiger partial charge is 0.490 e. The van der Waals surface area contributed by atoms with Gasteiger partial charge in [-0.2, -0.15) is 0 Å². The molecule has 0 fully saturated rings. The first-order valence-electron chi connectivity index (χ1n) is 6.11. The van der Waals surface area contributed by atoms with Gasteiger partial charge in [0.05, 0.1) is 12.0 Å². The van der Waals surface area contributed by atoms with E-state index in [2.05, 4.69) is 0 Å². The number of nitrogens with zero attached hydrogens (tertiary/aromatic N) is 1. The molecule has 0 unspecified atom stereocenters. The molecule has 0 bridgehead atoms. The van der Waals surface area contributed by atoms with Crippen LogP contribution in [0.4, 0.5) is 5.69 Å². The summed E-state index contributed by atoms with van der Waals surface area (Å²) in [5.74, 6) is -0.0777. The van der Waals surface area contributed by atoms with Crippen molar-refractivity contribution in [2.75, 3.05) is 7.11 Å². The zero-order valence-electron chi connectivity index (χ0n) is 11.2. The summed E-state index contributed by atoms with van der Waals surface area (Å²) in [4.78, 5) is 22.6. The van der Waals surface area contributed by atoms with Gasteiger partial charge in [-0.05, 0) is 29.8 Å². The molecule has 0 spiro atoms. The maximum absolute atomic E-state index is 12.2. The van der Waals surface area contributed by atoms with Crippen molar-refractivity contribution in [1.29, 1.82) is 0 Å². The number of hydrogen-bond donors (Lipinski definition) is 0. The monoisotopic (exact) mass is 305 g/mol. The molecule has 0 aliphatic heterocycles. The second kappa shape index (κ2) is 6.37. The summed E-state index contributed by atoms with van der Waals surface area (Å²) in [6.45, 7) is 0. The Labute approximate surface area is 126 Å². The molecule has 6 heteroatoms. The fraction of sp³-hybridized carbons (Fsp3) is 0.133. The molecule has 0 aliphatic rings. The molecule has 0 heterocycles. The van der Waals surface area contributed by atoms with Gasteiger partial charge in [0.2, 0.25) is 0 Å². The first-order chi connectivity index (χ1) is 10.0. The molecular weight excluding hydrogens is 294 g/mol. The quantitative estimate of drug-likeness (QED) is 0.480. The van der Waals surface area contributed by atoms with Crippen LogP contribution < -0.4 is 4.74 Å². The lowest BCUT2D eigenvalue weighted by Crippen LogP contribution is -2.05. The van der Waals surface area contributed by atoms with E-state index in [0.29, 0.717) is 5.02 Å². The van der Waals surface area contributed by atoms with Crippen LogP contribution in [0.15, 0.2) is 42.5 Å². The normalized spacial score (nSPS) is 10.2. The van der Waals surface area contributed by atoms with Gasteiger partial charge < -0.3 is 4.74 Å². The first-order valence-corrected chi connectivity index (χ1v) is 6.49. The van der Waals surface area contributed by atoms with Crippen molar-refractivity contribution >= 4 is 23.1 Å². The van der Waals surface area contributed by atoms with E-state index in [-0.39, 0.29) is 29.2 Å². The summed E-state index contributed by atoms with van der Waals surface area (Å²) in [5.41, 5.74) is 0.847. The fourth-order valence-electron chi connectivity index (χ4n) is 1.90. The lowest BCUT2D eigenvalue weighted by atomic mass is 10.0. The molecule has 0 saturated carbocycles. The Bertz CT molecular complexity index is 683. The molecule has 0 radical (unpaired) electrons. The number of carbonyl (C=O) groups excluding carboxylic acids is 1. The van der Waals surface area contributed by atoms with Crippen molar-refractivity contribution in [3.05, 3.63) is 68.7 Å². The molecular formula is C15H12ClNO4. The molecule has 0 N–H and O–H groups in total. The van der Waals surface area contributed by atoms with Crippen LogP contribution >= 0.6 is 11.6 Å². The van der Waals surface area contributed by atoms with Crippen LogP contribution in [0, 0.1) is 10.1 Å². The summed E-state index contributed by atoms with van der Waals surface area (Å²) in [6.07, 6.45) is 0.153. The van der Waals surface area contributed by atoms with E-state index in [1.54, 1.807) is 24.3 Å². The van der Waals surface area contributed by atoms with Crippen molar-refractivity contribution in [1.82, 2.24) is 0 Å². The van der Waals surface area contributed by atoms with Crippen molar-refractivity contribution in [3.8, 4) is 5.75 Å². The Morgan fingerprint density at radius 3 is 2.48 bits per heavy atom. The van der Waals surface area contributed by atoms with Crippen molar-refractivity contribution in [2.45, 2.75) is 6.42 Å². The van der Waals surface area contributed by atoms with Gasteiger partial charge in [0, 0.05) is 23.1 Å². The second-order valence-corrected chi connectivity index (χ2v) is 4.81. The lowest BCUT2D eigenvalue weighted by molar-refractivity contribution is -0.385. The number of rotatable bonds is 5. The maximum Gasteiger partial charge on any atom is 0.311 e. The Balaban J connectivity index is 2.25. The third kappa shape index (κ3) is 3.58. The SMILES string of the molecule is COc1ccc(C(=O)Cc2ccc(Cl)cc2)cc1[N+](=O)[O-]. The van der Waals surface area contributed by atoms with Crippen LogP contribution in [0.25, 0.3) is 0 Å². The van der Waals surface area contributed by atoms with Gasteiger partial charge in [-0.15, -0.1) is 0 Å². The number of ether oxygens (including phenoxy) is 1. The van der Waals surface area contributed by atoms with Crippen LogP contribution in [0.5, 0.6) is 5.75 Å². The minimum atomic E-state index is -0.572. The summed E-state index contributed by atoms with van der Waals surface area (Å²) >= 11 is 5.78. The van der Waals surface area contributed by atoms with Crippen LogP contribution in [0.2, 0.25) is 5.02 Å². The number of ketones is 1. The van der Waals surface area contributed by atoms with Gasteiger partial charge in [-0.3, -0.25) is 14.9 Å². The van der Waals surface area contributed by atoms with E-state index >= 15 is 0 Å². The average molecular weight is 306 g/mol. The van der Waals surface area contributed by atoms with Gasteiger partial charge in [0.15, 0.2) is 11.5 Å². The lowest BCUT2D eigenvalue weighted by Gasteiger charge is -2.05. The second-order valence-electron chi connectivity index (χ2n) is 4.37. The third-order valence-corrected chi connectivity index (χ3v) is 3.23. The van der Waals surface area contributed by atoms with Gasteiger partial charge >= 0.3 is 5.69 Å². The average Bonchev–Trinajstić information content (AvgIpc) is 2.48. The van der Waals surface area contributed by atoms with E-state index in [9.17, 15) is 14.9 Å². The highest BCUT2D eigenvalue weighted by atomic mass is 35.5. The predicted octanol–water partition coefficient (Wildman–Crippen LogP) is 3.68. The number of halogens is 1. The molecule has 108 valence electrons. The highest BCUT2D eigenvalue weighted by Gasteiger charge is 2.18. The summed E-state index contributed by atoms with van der Waals surface area (Å²) in [5, 5.41) is 11.5. The molecule has 5 nitrogen and oxygen atoms in total. The molecule has 2 aromatic rings. The number of benzene rings is 2. The van der Waals surface area contributed by atoms with Crippen molar-refractivity contribution < 1.29 is 14.5 Å². The van der Waals surface area contributed by atoms with Crippen LogP contribution in [0.1, 0.15) is 15.9 Å². The van der Waals surface area contributed by atoms with E-state index in [1.165, 1.54) is 25.3 Å². The molecule has 21 heavy (non-hydrogen) atoms. The topological polar surface area (TPSA) is 69.4 Å². The van der Waals surface area contributed by atoms with Gasteiger partial charge in [0.25, 0.3) is 0 Å². The standard InChI is InChI=1S/C15H12ClNO4/c1-21-15-7-4-11(9-13(15)17(19)20)14(18)8-10-2-5-12(16)6-3-10/h2-7,9H,8H2,1H3. The number of Topliss-reactive ketones (excluding diaryl/α,β-unsaturated/α-hetero) is 1. The Hall–Kier alpha value is -2.40. The van der Waals surface area contributed by atoms with Crippen molar-refractivity contribution in [2.24, 2.45) is 0 Å². The molecule has 0 amide bonds. The first kappa shape index (κ1) is 15.0. The van der Waals surface area contributed by atoms with E-state index in [1.807, 2.05) is 0 Å². The van der Waals surface area contributed by atoms with Gasteiger partial charge in [-0.25, -0.2) is 0 Å². The molecule has 0 aromatic heterocycles. The number of methoxy groups -OCH3 is 1. The summed E-state index contributed by atoms with van der Waals surface area (Å²) < 4.78 is 4.91. The highest BCUT2D eigenvalue weighted by Crippen LogP contribution is 2.28. The zero-order chi connectivity index (χ0) is 15.4. The van der Waals surface area contributed by atoms with E-state index in [0.717, 1.165) is 5.56 Å². The predicted molar refractivity (Wildman–Crippen MR) is 79.1 cm³/mol. The van der Waals surface area contributed by atoms with Gasteiger partial charge in [0.1, 0.15) is 0 Å². The summed E-state index contributed by atoms with van der Waals surface area (Å²) in [6, 6.07) is 11.1. The minimum Gasteiger partial charge on any atom is -0.490 e. The Morgan fingerprint density at radius 2 is 1.90 bits per heavy atom. The Kier molecular flexibility index (Phi) is 4.55. The molecule has 2 rings (SSSR count). The van der Waals surface area contributed by atoms with Crippen LogP contribution in [-0.4, -0.2) is 17.8 Å². The zero-order valence-corrected chi connectivity index (χ0v) is 12.0. The smallest absolute Gasteiger partial charge is 0.311 e. The fourth-order valence-corrected chi connectivity index (χ4v) is 2.02. The molecule has 0 atom stereocenters. The molecule has 0 aliphatic carbocycles. The third-order valence-electron chi connectivity index (χ3n) is 2.98. The molecule has 0 saturated heterocycles. The summed E-state index contributed by atoms with van der Waals surface area (Å²) in [7, 11) is 1.34. The Morgan fingerprint density at radius 1 is 1.24 bits per heavy atom. The van der Waals surface area contributed by atoms with Crippen LogP contribution in [-0.2, 0) is 6.42 Å². The van der Waals surface area contributed by atoms with E-state index < -0.39 is 4.92 Å². The number of nitro groups is 1. The van der Waals surface area contributed by atoms with Gasteiger partial charge in [-0.1, -0.05) is 23.7 Å². The highest BCUT2D eigenvalue weighted by molar-refractivity contribution is 6.30. The number of hydrogen-bond acceptors (Lipinski definition) is 4.